The van der Waals surface area contributed by atoms with Crippen LogP contribution in [-0.4, -0.2) is 39.5 Å². The van der Waals surface area contributed by atoms with E-state index in [4.69, 9.17) is 11.6 Å². The molecule has 0 aliphatic carbocycles. The number of sulfonamides is 1. The number of hydrogen-bond acceptors (Lipinski definition) is 3. The minimum atomic E-state index is -3.52. The van der Waals surface area contributed by atoms with Crippen LogP contribution in [-0.2, 0) is 10.0 Å². The van der Waals surface area contributed by atoms with Crippen LogP contribution in [0.2, 0.25) is 5.02 Å². The Labute approximate surface area is 182 Å². The van der Waals surface area contributed by atoms with Crippen LogP contribution in [0, 0.1) is 0 Å². The van der Waals surface area contributed by atoms with E-state index in [-0.39, 0.29) is 0 Å². The van der Waals surface area contributed by atoms with Gasteiger partial charge in [0, 0.05) is 42.0 Å². The van der Waals surface area contributed by atoms with Crippen LogP contribution in [0.1, 0.15) is 18.4 Å². The lowest BCUT2D eigenvalue weighted by Crippen LogP contribution is -2.34. The first-order valence-electron chi connectivity index (χ1n) is 10.3. The highest BCUT2D eigenvalue weighted by molar-refractivity contribution is 7.93. The van der Waals surface area contributed by atoms with Gasteiger partial charge >= 0.3 is 0 Å². The summed E-state index contributed by atoms with van der Waals surface area (Å²) in [6.45, 7) is 3.25. The second kappa shape index (κ2) is 7.73. The summed E-state index contributed by atoms with van der Waals surface area (Å²) in [6.07, 6.45) is 4.10. The summed E-state index contributed by atoms with van der Waals surface area (Å²) in [5.74, 6) is 0. The van der Waals surface area contributed by atoms with Crippen molar-refractivity contribution < 1.29 is 8.42 Å². The lowest BCUT2D eigenvalue weighted by molar-refractivity contribution is 0.300. The molecular weight excluding hydrogens is 416 g/mol. The summed E-state index contributed by atoms with van der Waals surface area (Å²) in [6, 6.07) is 19.4. The molecule has 0 amide bonds. The third-order valence-corrected chi connectivity index (χ3v) is 8.22. The first-order chi connectivity index (χ1) is 14.6. The number of anilines is 1. The fourth-order valence-corrected chi connectivity index (χ4v) is 6.46. The Morgan fingerprint density at radius 1 is 0.933 bits per heavy atom. The van der Waals surface area contributed by atoms with Gasteiger partial charge in [-0.2, -0.15) is 0 Å². The minimum absolute atomic E-state index is 0.367. The van der Waals surface area contributed by atoms with Crippen molar-refractivity contribution in [1.82, 2.24) is 4.90 Å². The molecule has 0 N–H and O–H groups in total. The van der Waals surface area contributed by atoms with Crippen molar-refractivity contribution in [1.29, 1.82) is 0 Å². The first-order valence-corrected chi connectivity index (χ1v) is 12.1. The number of nitrogens with zero attached hydrogens (tertiary/aromatic N) is 2. The lowest BCUT2D eigenvalue weighted by atomic mass is 9.99. The van der Waals surface area contributed by atoms with Gasteiger partial charge in [-0.1, -0.05) is 60.1 Å². The lowest BCUT2D eigenvalue weighted by Gasteiger charge is -2.27. The number of benzene rings is 3. The van der Waals surface area contributed by atoms with Gasteiger partial charge in [0.2, 0.25) is 0 Å². The molecule has 2 heterocycles. The van der Waals surface area contributed by atoms with E-state index < -0.39 is 10.0 Å². The molecule has 0 aromatic heterocycles. The molecule has 0 radical (unpaired) electrons. The van der Waals surface area contributed by atoms with E-state index in [1.807, 2.05) is 18.2 Å². The van der Waals surface area contributed by atoms with Gasteiger partial charge in [-0.25, -0.2) is 8.42 Å². The Morgan fingerprint density at radius 3 is 2.53 bits per heavy atom. The zero-order chi connectivity index (χ0) is 20.7. The van der Waals surface area contributed by atoms with Gasteiger partial charge in [0.15, 0.2) is 0 Å². The van der Waals surface area contributed by atoms with Crippen LogP contribution in [0.3, 0.4) is 0 Å². The van der Waals surface area contributed by atoms with Crippen molar-refractivity contribution in [2.24, 2.45) is 0 Å². The van der Waals surface area contributed by atoms with E-state index in [1.165, 1.54) is 11.1 Å². The molecule has 0 bridgehead atoms. The van der Waals surface area contributed by atoms with Crippen LogP contribution in [0.25, 0.3) is 16.3 Å². The molecule has 0 saturated heterocycles. The summed E-state index contributed by atoms with van der Waals surface area (Å²) >= 11 is 6.31. The van der Waals surface area contributed by atoms with Crippen LogP contribution < -0.4 is 4.31 Å². The topological polar surface area (TPSA) is 40.6 Å². The molecule has 0 unspecified atom stereocenters. The van der Waals surface area contributed by atoms with Crippen molar-refractivity contribution in [3.8, 4) is 0 Å². The molecule has 0 fully saturated rings. The third kappa shape index (κ3) is 3.31. The number of hydrogen-bond donors (Lipinski definition) is 0. The predicted molar refractivity (Wildman–Crippen MR) is 124 cm³/mol. The molecule has 154 valence electrons. The predicted octanol–water partition coefficient (Wildman–Crippen LogP) is 5.18. The van der Waals surface area contributed by atoms with Crippen LogP contribution in [0.15, 0.2) is 71.6 Å². The quantitative estimate of drug-likeness (QED) is 0.551. The highest BCUT2D eigenvalue weighted by Crippen LogP contribution is 2.44. The Hall–Kier alpha value is -2.34. The van der Waals surface area contributed by atoms with Gasteiger partial charge in [-0.05, 0) is 42.2 Å². The van der Waals surface area contributed by atoms with Gasteiger partial charge in [-0.15, -0.1) is 0 Å². The van der Waals surface area contributed by atoms with Gasteiger partial charge in [-0.3, -0.25) is 9.21 Å². The molecule has 0 saturated carbocycles. The molecule has 3 aromatic rings. The largest absolute Gasteiger partial charge is 0.299 e. The molecule has 6 heteroatoms. The average Bonchev–Trinajstić information content (AvgIpc) is 3.00. The summed E-state index contributed by atoms with van der Waals surface area (Å²) in [5.41, 5.74) is 3.44. The van der Waals surface area contributed by atoms with E-state index in [2.05, 4.69) is 35.2 Å². The Kier molecular flexibility index (Phi) is 5.05. The van der Waals surface area contributed by atoms with Gasteiger partial charge in [0.05, 0.1) is 10.6 Å². The van der Waals surface area contributed by atoms with Crippen molar-refractivity contribution in [3.63, 3.8) is 0 Å². The second-order valence-electron chi connectivity index (χ2n) is 7.82. The molecule has 0 atom stereocenters. The van der Waals surface area contributed by atoms with Crippen molar-refractivity contribution in [2.45, 2.75) is 17.7 Å². The molecule has 2 aliphatic heterocycles. The molecule has 4 nitrogen and oxygen atoms in total. The van der Waals surface area contributed by atoms with Gasteiger partial charge < -0.3 is 0 Å². The standard InChI is InChI=1S/C24H23ClN2O2S/c25-21-10-11-22-24-20(21)8-4-9-23(24)30(28,29)27(22)15-5-14-26-16-12-19(13-17-26)18-6-2-1-3-7-18/h1-4,6-12H,5,13-17H2. The van der Waals surface area contributed by atoms with Crippen LogP contribution in [0.5, 0.6) is 0 Å². The molecule has 0 spiro atoms. The zero-order valence-corrected chi connectivity index (χ0v) is 18.2. The van der Waals surface area contributed by atoms with Crippen molar-refractivity contribution >= 4 is 43.7 Å². The van der Waals surface area contributed by atoms with Crippen molar-refractivity contribution in [2.75, 3.05) is 30.5 Å². The third-order valence-electron chi connectivity index (χ3n) is 6.04. The van der Waals surface area contributed by atoms with Crippen LogP contribution in [0.4, 0.5) is 5.69 Å². The van der Waals surface area contributed by atoms with E-state index in [0.717, 1.165) is 48.9 Å². The normalized spacial score (nSPS) is 18.0. The molecule has 30 heavy (non-hydrogen) atoms. The average molecular weight is 439 g/mol. The van der Waals surface area contributed by atoms with Crippen LogP contribution >= 0.6 is 11.6 Å². The Bertz CT molecular complexity index is 1240. The monoisotopic (exact) mass is 438 g/mol. The second-order valence-corrected chi connectivity index (χ2v) is 10.1. The summed E-state index contributed by atoms with van der Waals surface area (Å²) < 4.78 is 27.8. The molecule has 5 rings (SSSR count). The highest BCUT2D eigenvalue weighted by Gasteiger charge is 2.35. The van der Waals surface area contributed by atoms with Gasteiger partial charge in [0.1, 0.15) is 0 Å². The minimum Gasteiger partial charge on any atom is -0.299 e. The summed E-state index contributed by atoms with van der Waals surface area (Å²) in [5, 5.41) is 2.13. The van der Waals surface area contributed by atoms with E-state index in [1.54, 1.807) is 22.5 Å². The SMILES string of the molecule is O=S1(=O)c2cccc3c(Cl)ccc(c23)N1CCCN1CC=C(c2ccccc2)CC1. The fraction of sp³-hybridized carbons (Fsp3) is 0.250. The zero-order valence-electron chi connectivity index (χ0n) is 16.6. The molecule has 2 aliphatic rings. The van der Waals surface area contributed by atoms with E-state index >= 15 is 0 Å². The Balaban J connectivity index is 1.27. The smallest absolute Gasteiger partial charge is 0.265 e. The summed E-state index contributed by atoms with van der Waals surface area (Å²) in [4.78, 5) is 2.76. The highest BCUT2D eigenvalue weighted by atomic mass is 35.5. The number of halogens is 1. The Morgan fingerprint density at radius 2 is 1.77 bits per heavy atom. The first kappa shape index (κ1) is 19.6. The maximum atomic E-state index is 13.1. The van der Waals surface area contributed by atoms with Crippen molar-refractivity contribution in [3.05, 3.63) is 77.3 Å². The summed E-state index contributed by atoms with van der Waals surface area (Å²) in [7, 11) is -3.52. The van der Waals surface area contributed by atoms with Gasteiger partial charge in [0.25, 0.3) is 10.0 Å². The molecule has 3 aromatic carbocycles. The number of rotatable bonds is 5. The van der Waals surface area contributed by atoms with E-state index in [9.17, 15) is 8.42 Å². The maximum Gasteiger partial charge on any atom is 0.265 e. The fourth-order valence-electron chi connectivity index (χ4n) is 4.50. The van der Waals surface area contributed by atoms with E-state index in [0.29, 0.717) is 16.5 Å². The molecular formula is C24H23ClN2O2S. The maximum absolute atomic E-state index is 13.1.